The number of halogens is 4. The average Bonchev–Trinajstić information content (AvgIpc) is 2.59. The van der Waals surface area contributed by atoms with Gasteiger partial charge >= 0.3 is 6.18 Å². The number of ether oxygens (including phenoxy) is 1. The predicted octanol–water partition coefficient (Wildman–Crippen LogP) is 4.90. The number of alkyl halides is 3. The molecule has 1 amide bonds. The summed E-state index contributed by atoms with van der Waals surface area (Å²) < 4.78 is 41.5. The molecule has 0 radical (unpaired) electrons. The van der Waals surface area contributed by atoms with E-state index in [0.717, 1.165) is 11.1 Å². The minimum absolute atomic E-state index is 0.259. The van der Waals surface area contributed by atoms with Crippen LogP contribution in [0, 0.1) is 6.92 Å². The van der Waals surface area contributed by atoms with Gasteiger partial charge in [-0.2, -0.15) is 18.3 Å². The van der Waals surface area contributed by atoms with Crippen molar-refractivity contribution in [1.82, 2.24) is 5.43 Å². The Morgan fingerprint density at radius 1 is 1.23 bits per heavy atom. The number of carbonyl (C=O) groups excluding carboxylic acids is 1. The number of rotatable bonds is 6. The van der Waals surface area contributed by atoms with E-state index in [1.165, 1.54) is 12.1 Å². The fourth-order valence-electron chi connectivity index (χ4n) is 1.95. The van der Waals surface area contributed by atoms with Crippen molar-refractivity contribution in [3.8, 4) is 5.75 Å². The molecule has 0 bridgehead atoms. The summed E-state index contributed by atoms with van der Waals surface area (Å²) >= 11 is 6.06. The summed E-state index contributed by atoms with van der Waals surface area (Å²) in [6, 6.07) is 11.9. The van der Waals surface area contributed by atoms with Gasteiger partial charge in [0, 0.05) is 11.8 Å². The monoisotopic (exact) mass is 384 g/mol. The molecule has 0 aliphatic heterocycles. The molecule has 2 aromatic carbocycles. The van der Waals surface area contributed by atoms with Crippen LogP contribution in [0.3, 0.4) is 0 Å². The molecule has 0 heterocycles. The number of hydrazone groups is 1. The molecule has 0 fully saturated rings. The zero-order chi connectivity index (χ0) is 19.2. The summed E-state index contributed by atoms with van der Waals surface area (Å²) in [7, 11) is 0. The molecule has 1 N–H and O–H groups in total. The van der Waals surface area contributed by atoms with E-state index >= 15 is 0 Å². The van der Waals surface area contributed by atoms with E-state index in [1.807, 2.05) is 24.5 Å². The highest BCUT2D eigenvalue weighted by Gasteiger charge is 2.25. The summed E-state index contributed by atoms with van der Waals surface area (Å²) in [4.78, 5) is 11.8. The maximum absolute atomic E-state index is 12.0. The quantitative estimate of drug-likeness (QED) is 0.569. The fraction of sp³-hybridized carbons (Fsp3) is 0.222. The molecule has 0 spiro atoms. The molecule has 0 unspecified atom stereocenters. The highest BCUT2D eigenvalue weighted by Crippen LogP contribution is 2.26. The third-order valence-electron chi connectivity index (χ3n) is 3.28. The summed E-state index contributed by atoms with van der Waals surface area (Å²) in [6.07, 6.45) is -4.95. The van der Waals surface area contributed by atoms with E-state index in [2.05, 4.69) is 5.10 Å². The molecule has 0 saturated heterocycles. The van der Waals surface area contributed by atoms with E-state index in [9.17, 15) is 18.0 Å². The van der Waals surface area contributed by atoms with Gasteiger partial charge in [-0.15, -0.1) is 0 Å². The third kappa shape index (κ3) is 6.40. The van der Waals surface area contributed by atoms with Gasteiger partial charge in [0.15, 0.2) is 0 Å². The Bertz CT molecular complexity index is 790. The Hall–Kier alpha value is -2.54. The number of benzene rings is 2. The molecular formula is C18H16ClF3N2O2. The number of hydrogen-bond donors (Lipinski definition) is 1. The van der Waals surface area contributed by atoms with Crippen LogP contribution in [0.2, 0.25) is 5.02 Å². The topological polar surface area (TPSA) is 50.7 Å². The SMILES string of the molecule is Cc1ccc(Cl)c(OCc2ccc(C(=O)NN=CCC(F)(F)F)cc2)c1. The first-order valence-corrected chi connectivity index (χ1v) is 7.99. The van der Waals surface area contributed by atoms with Gasteiger partial charge in [-0.1, -0.05) is 29.8 Å². The molecule has 0 aliphatic rings. The normalized spacial score (nSPS) is 11.6. The molecule has 0 atom stereocenters. The average molecular weight is 385 g/mol. The van der Waals surface area contributed by atoms with Gasteiger partial charge in [0.2, 0.25) is 0 Å². The van der Waals surface area contributed by atoms with Gasteiger partial charge in [-0.05, 0) is 42.3 Å². The zero-order valence-electron chi connectivity index (χ0n) is 13.8. The Balaban J connectivity index is 1.89. The lowest BCUT2D eigenvalue weighted by Crippen LogP contribution is -2.18. The van der Waals surface area contributed by atoms with Gasteiger partial charge in [-0.3, -0.25) is 4.79 Å². The molecule has 0 saturated carbocycles. The second-order valence-electron chi connectivity index (χ2n) is 5.49. The van der Waals surface area contributed by atoms with Gasteiger partial charge in [-0.25, -0.2) is 5.43 Å². The number of nitrogens with one attached hydrogen (secondary N) is 1. The van der Waals surface area contributed by atoms with Crippen molar-refractivity contribution in [2.75, 3.05) is 0 Å². The van der Waals surface area contributed by atoms with Crippen LogP contribution in [0.5, 0.6) is 5.75 Å². The van der Waals surface area contributed by atoms with Crippen molar-refractivity contribution in [3.05, 3.63) is 64.2 Å². The Morgan fingerprint density at radius 3 is 2.58 bits per heavy atom. The van der Waals surface area contributed by atoms with Crippen LogP contribution in [0.15, 0.2) is 47.6 Å². The van der Waals surface area contributed by atoms with Crippen molar-refractivity contribution in [3.63, 3.8) is 0 Å². The highest BCUT2D eigenvalue weighted by atomic mass is 35.5. The minimum Gasteiger partial charge on any atom is -0.487 e. The lowest BCUT2D eigenvalue weighted by atomic mass is 10.1. The standard InChI is InChI=1S/C18H16ClF3N2O2/c1-12-2-7-15(19)16(10-12)26-11-13-3-5-14(6-4-13)17(25)24-23-9-8-18(20,21)22/h2-7,9-10H,8,11H2,1H3,(H,24,25). The maximum Gasteiger partial charge on any atom is 0.394 e. The molecule has 138 valence electrons. The van der Waals surface area contributed by atoms with E-state index in [1.54, 1.807) is 18.2 Å². The largest absolute Gasteiger partial charge is 0.487 e. The zero-order valence-corrected chi connectivity index (χ0v) is 14.6. The molecular weight excluding hydrogens is 369 g/mol. The molecule has 4 nitrogen and oxygen atoms in total. The molecule has 0 aliphatic carbocycles. The van der Waals surface area contributed by atoms with Gasteiger partial charge in [0.1, 0.15) is 12.4 Å². The van der Waals surface area contributed by atoms with Crippen molar-refractivity contribution >= 4 is 23.7 Å². The Morgan fingerprint density at radius 2 is 1.92 bits per heavy atom. The lowest BCUT2D eigenvalue weighted by molar-refractivity contribution is -0.120. The number of nitrogens with zero attached hydrogens (tertiary/aromatic N) is 1. The van der Waals surface area contributed by atoms with Crippen LogP contribution < -0.4 is 10.2 Å². The smallest absolute Gasteiger partial charge is 0.394 e. The molecule has 8 heteroatoms. The second kappa shape index (κ2) is 8.71. The van der Waals surface area contributed by atoms with Crippen LogP contribution in [0.25, 0.3) is 0 Å². The minimum atomic E-state index is -4.35. The number of amides is 1. The lowest BCUT2D eigenvalue weighted by Gasteiger charge is -2.09. The Kier molecular flexibility index (Phi) is 6.63. The van der Waals surface area contributed by atoms with E-state index in [4.69, 9.17) is 16.3 Å². The van der Waals surface area contributed by atoms with Crippen LogP contribution in [-0.2, 0) is 6.61 Å². The second-order valence-corrected chi connectivity index (χ2v) is 5.90. The van der Waals surface area contributed by atoms with Crippen LogP contribution >= 0.6 is 11.6 Å². The van der Waals surface area contributed by atoms with Crippen LogP contribution in [0.1, 0.15) is 27.9 Å². The first kappa shape index (κ1) is 19.8. The summed E-state index contributed by atoms with van der Waals surface area (Å²) in [5.74, 6) is -0.0369. The highest BCUT2D eigenvalue weighted by molar-refractivity contribution is 6.32. The fourth-order valence-corrected chi connectivity index (χ4v) is 2.12. The van der Waals surface area contributed by atoms with E-state index < -0.39 is 18.5 Å². The van der Waals surface area contributed by atoms with E-state index in [0.29, 0.717) is 17.0 Å². The van der Waals surface area contributed by atoms with Crippen molar-refractivity contribution in [2.45, 2.75) is 26.1 Å². The third-order valence-corrected chi connectivity index (χ3v) is 3.59. The van der Waals surface area contributed by atoms with Crippen molar-refractivity contribution < 1.29 is 22.7 Å². The molecule has 0 aromatic heterocycles. The van der Waals surface area contributed by atoms with Crippen LogP contribution in [0.4, 0.5) is 13.2 Å². The first-order chi connectivity index (χ1) is 12.2. The first-order valence-electron chi connectivity index (χ1n) is 7.61. The molecule has 2 aromatic rings. The predicted molar refractivity (Wildman–Crippen MR) is 93.6 cm³/mol. The van der Waals surface area contributed by atoms with Gasteiger partial charge < -0.3 is 4.74 Å². The number of carbonyl (C=O) groups is 1. The van der Waals surface area contributed by atoms with E-state index in [-0.39, 0.29) is 12.2 Å². The number of hydrogen-bond acceptors (Lipinski definition) is 3. The maximum atomic E-state index is 12.0. The molecule has 2 rings (SSSR count). The molecule has 26 heavy (non-hydrogen) atoms. The Labute approximate surface area is 153 Å². The number of aryl methyl sites for hydroxylation is 1. The van der Waals surface area contributed by atoms with Crippen molar-refractivity contribution in [2.24, 2.45) is 5.10 Å². The summed E-state index contributed by atoms with van der Waals surface area (Å²) in [6.45, 7) is 2.18. The summed E-state index contributed by atoms with van der Waals surface area (Å²) in [5.41, 5.74) is 4.14. The van der Waals surface area contributed by atoms with Crippen molar-refractivity contribution in [1.29, 1.82) is 0 Å². The summed E-state index contributed by atoms with van der Waals surface area (Å²) in [5, 5.41) is 3.77. The van der Waals surface area contributed by atoms with Gasteiger partial charge in [0.05, 0.1) is 11.4 Å². The van der Waals surface area contributed by atoms with Crippen LogP contribution in [-0.4, -0.2) is 18.3 Å². The van der Waals surface area contributed by atoms with Gasteiger partial charge in [0.25, 0.3) is 5.91 Å².